The van der Waals surface area contributed by atoms with Crippen LogP contribution >= 0.6 is 11.8 Å². The molecule has 0 saturated heterocycles. The van der Waals surface area contributed by atoms with Gasteiger partial charge in [0.2, 0.25) is 0 Å². The van der Waals surface area contributed by atoms with Gasteiger partial charge < -0.3 is 0 Å². The Bertz CT molecular complexity index is 1320. The molecule has 2 aromatic carbocycles. The molecule has 0 unspecified atom stereocenters. The molecular formula is C23H19N7O3S. The van der Waals surface area contributed by atoms with Gasteiger partial charge in [-0.1, -0.05) is 29.5 Å². The van der Waals surface area contributed by atoms with Crippen molar-refractivity contribution < 1.29 is 9.72 Å². The third-order valence-electron chi connectivity index (χ3n) is 4.70. The molecule has 11 heteroatoms. The molecular weight excluding hydrogens is 454 g/mol. The van der Waals surface area contributed by atoms with E-state index in [1.165, 1.54) is 30.1 Å². The Morgan fingerprint density at radius 2 is 1.79 bits per heavy atom. The number of carbonyl (C=O) groups excluding carboxylic acids is 1. The monoisotopic (exact) mass is 473 g/mol. The lowest BCUT2D eigenvalue weighted by molar-refractivity contribution is -0.384. The topological polar surface area (TPSA) is 128 Å². The zero-order chi connectivity index (χ0) is 23.9. The van der Waals surface area contributed by atoms with Crippen molar-refractivity contribution in [1.29, 1.82) is 0 Å². The first-order valence-electron chi connectivity index (χ1n) is 10.1. The first kappa shape index (κ1) is 22.8. The molecule has 4 aromatic rings. The number of nitro benzene ring substituents is 1. The van der Waals surface area contributed by atoms with Crippen LogP contribution in [0.25, 0.3) is 17.1 Å². The van der Waals surface area contributed by atoms with Crippen molar-refractivity contribution in [2.24, 2.45) is 5.10 Å². The maximum Gasteiger partial charge on any atom is 0.269 e. The standard InChI is InChI=1S/C23H19N7O3S/c1-16-2-6-19(7-3-16)29-22(18-10-12-24-13-11-18)27-28-23(29)34-15-21(31)26-25-14-17-4-8-20(9-5-17)30(32)33/h2-14H,15H2,1H3,(H,26,31). The van der Waals surface area contributed by atoms with E-state index in [2.05, 4.69) is 25.7 Å². The van der Waals surface area contributed by atoms with Crippen molar-refractivity contribution in [1.82, 2.24) is 25.2 Å². The highest BCUT2D eigenvalue weighted by molar-refractivity contribution is 7.99. The van der Waals surface area contributed by atoms with E-state index in [1.807, 2.05) is 47.9 Å². The second-order valence-electron chi connectivity index (χ2n) is 7.14. The summed E-state index contributed by atoms with van der Waals surface area (Å²) >= 11 is 1.23. The lowest BCUT2D eigenvalue weighted by Crippen LogP contribution is -2.20. The summed E-state index contributed by atoms with van der Waals surface area (Å²) in [5, 5.41) is 23.8. The van der Waals surface area contributed by atoms with Crippen molar-refractivity contribution in [2.75, 3.05) is 5.75 Å². The molecule has 2 aromatic heterocycles. The fraction of sp³-hybridized carbons (Fsp3) is 0.0870. The first-order valence-corrected chi connectivity index (χ1v) is 11.1. The highest BCUT2D eigenvalue weighted by Crippen LogP contribution is 2.27. The molecule has 0 atom stereocenters. The second kappa shape index (κ2) is 10.5. The van der Waals surface area contributed by atoms with Crippen molar-refractivity contribution in [3.63, 3.8) is 0 Å². The number of nitro groups is 1. The summed E-state index contributed by atoms with van der Waals surface area (Å²) in [5.74, 6) is 0.384. The van der Waals surface area contributed by atoms with Gasteiger partial charge in [-0.25, -0.2) is 5.43 Å². The maximum atomic E-state index is 12.3. The number of hydrazone groups is 1. The number of rotatable bonds is 8. The first-order chi connectivity index (χ1) is 16.5. The summed E-state index contributed by atoms with van der Waals surface area (Å²) in [6, 6.07) is 17.5. The molecule has 1 N–H and O–H groups in total. The van der Waals surface area contributed by atoms with Gasteiger partial charge in [-0.15, -0.1) is 10.2 Å². The number of nitrogens with zero attached hydrogens (tertiary/aromatic N) is 6. The number of hydrogen-bond donors (Lipinski definition) is 1. The number of aryl methyl sites for hydroxylation is 1. The van der Waals surface area contributed by atoms with E-state index < -0.39 is 4.92 Å². The van der Waals surface area contributed by atoms with Gasteiger partial charge in [-0.05, 0) is 48.9 Å². The summed E-state index contributed by atoms with van der Waals surface area (Å²) < 4.78 is 1.90. The Hall–Kier alpha value is -4.38. The predicted octanol–water partition coefficient (Wildman–Crippen LogP) is 3.79. The van der Waals surface area contributed by atoms with Crippen LogP contribution in [0.3, 0.4) is 0 Å². The van der Waals surface area contributed by atoms with Crippen LogP contribution in [0.15, 0.2) is 83.3 Å². The van der Waals surface area contributed by atoms with Gasteiger partial charge in [0.15, 0.2) is 11.0 Å². The fourth-order valence-corrected chi connectivity index (χ4v) is 3.75. The van der Waals surface area contributed by atoms with E-state index in [1.54, 1.807) is 24.5 Å². The SMILES string of the molecule is Cc1ccc(-n2c(SCC(=O)NN=Cc3ccc([N+](=O)[O-])cc3)nnc2-c2ccncc2)cc1. The van der Waals surface area contributed by atoms with Gasteiger partial charge >= 0.3 is 0 Å². The molecule has 0 bridgehead atoms. The van der Waals surface area contributed by atoms with Crippen LogP contribution in [0.1, 0.15) is 11.1 Å². The van der Waals surface area contributed by atoms with E-state index in [0.717, 1.165) is 16.8 Å². The van der Waals surface area contributed by atoms with Gasteiger partial charge in [0, 0.05) is 35.8 Å². The van der Waals surface area contributed by atoms with Crippen LogP contribution in [0, 0.1) is 17.0 Å². The summed E-state index contributed by atoms with van der Waals surface area (Å²) in [5.41, 5.74) is 5.92. The average Bonchev–Trinajstić information content (AvgIpc) is 3.28. The molecule has 0 saturated carbocycles. The molecule has 1 amide bonds. The summed E-state index contributed by atoms with van der Waals surface area (Å²) in [4.78, 5) is 26.6. The van der Waals surface area contributed by atoms with Gasteiger partial charge in [-0.3, -0.25) is 24.5 Å². The Labute approximate surface area is 198 Å². The number of amides is 1. The lowest BCUT2D eigenvalue weighted by Gasteiger charge is -2.10. The number of hydrogen-bond acceptors (Lipinski definition) is 8. The van der Waals surface area contributed by atoms with Crippen LogP contribution in [0.2, 0.25) is 0 Å². The van der Waals surface area contributed by atoms with Crippen LogP contribution in [0.4, 0.5) is 5.69 Å². The average molecular weight is 474 g/mol. The molecule has 2 heterocycles. The van der Waals surface area contributed by atoms with Crippen LogP contribution in [0.5, 0.6) is 0 Å². The highest BCUT2D eigenvalue weighted by atomic mass is 32.2. The smallest absolute Gasteiger partial charge is 0.269 e. The van der Waals surface area contributed by atoms with Crippen molar-refractivity contribution in [3.05, 3.63) is 94.3 Å². The molecule has 0 spiro atoms. The van der Waals surface area contributed by atoms with E-state index in [-0.39, 0.29) is 17.3 Å². The number of benzene rings is 2. The van der Waals surface area contributed by atoms with Crippen LogP contribution in [-0.2, 0) is 4.79 Å². The zero-order valence-corrected chi connectivity index (χ0v) is 18.8. The van der Waals surface area contributed by atoms with Crippen molar-refractivity contribution in [3.8, 4) is 17.1 Å². The minimum atomic E-state index is -0.477. The molecule has 0 aliphatic carbocycles. The van der Waals surface area contributed by atoms with E-state index in [9.17, 15) is 14.9 Å². The van der Waals surface area contributed by atoms with E-state index >= 15 is 0 Å². The number of thioether (sulfide) groups is 1. The molecule has 0 aliphatic rings. The van der Waals surface area contributed by atoms with E-state index in [0.29, 0.717) is 16.5 Å². The summed E-state index contributed by atoms with van der Waals surface area (Å²) in [6.07, 6.45) is 4.79. The number of nitrogens with one attached hydrogen (secondary N) is 1. The third-order valence-corrected chi connectivity index (χ3v) is 5.63. The predicted molar refractivity (Wildman–Crippen MR) is 129 cm³/mol. The maximum absolute atomic E-state index is 12.3. The minimum absolute atomic E-state index is 0.0126. The van der Waals surface area contributed by atoms with Gasteiger partial charge in [0.1, 0.15) is 0 Å². The normalized spacial score (nSPS) is 11.0. The van der Waals surface area contributed by atoms with Crippen LogP contribution < -0.4 is 5.43 Å². The molecule has 10 nitrogen and oxygen atoms in total. The Balaban J connectivity index is 1.46. The number of non-ortho nitro benzene ring substituents is 1. The molecule has 34 heavy (non-hydrogen) atoms. The van der Waals surface area contributed by atoms with Crippen molar-refractivity contribution >= 4 is 29.6 Å². The Morgan fingerprint density at radius 1 is 1.09 bits per heavy atom. The molecule has 170 valence electrons. The van der Waals surface area contributed by atoms with Crippen LogP contribution in [-0.4, -0.2) is 42.5 Å². The number of carbonyl (C=O) groups is 1. The van der Waals surface area contributed by atoms with Gasteiger partial charge in [-0.2, -0.15) is 5.10 Å². The number of aromatic nitrogens is 4. The Kier molecular flexibility index (Phi) is 7.04. The number of pyridine rings is 1. The largest absolute Gasteiger partial charge is 0.272 e. The summed E-state index contributed by atoms with van der Waals surface area (Å²) in [7, 11) is 0. The molecule has 0 radical (unpaired) electrons. The highest BCUT2D eigenvalue weighted by Gasteiger charge is 2.17. The van der Waals surface area contributed by atoms with E-state index in [4.69, 9.17) is 0 Å². The molecule has 0 fully saturated rings. The second-order valence-corrected chi connectivity index (χ2v) is 8.09. The molecule has 0 aliphatic heterocycles. The molecule has 4 rings (SSSR count). The fourth-order valence-electron chi connectivity index (χ4n) is 3.00. The quantitative estimate of drug-likeness (QED) is 0.178. The third kappa shape index (κ3) is 5.51. The Morgan fingerprint density at radius 3 is 2.47 bits per heavy atom. The zero-order valence-electron chi connectivity index (χ0n) is 18.0. The van der Waals surface area contributed by atoms with Gasteiger partial charge in [0.25, 0.3) is 11.6 Å². The minimum Gasteiger partial charge on any atom is -0.272 e. The summed E-state index contributed by atoms with van der Waals surface area (Å²) in [6.45, 7) is 2.01. The van der Waals surface area contributed by atoms with Gasteiger partial charge in [0.05, 0.1) is 16.9 Å². The lowest BCUT2D eigenvalue weighted by atomic mass is 10.2. The van der Waals surface area contributed by atoms with Crippen molar-refractivity contribution in [2.45, 2.75) is 12.1 Å².